The zero-order chi connectivity index (χ0) is 17.6. The number of carbonyl (C=O) groups is 1. The highest BCUT2D eigenvalue weighted by atomic mass is 32.1. The van der Waals surface area contributed by atoms with Crippen LogP contribution < -0.4 is 10.1 Å². The topological polar surface area (TPSA) is 51.2 Å². The van der Waals surface area contributed by atoms with E-state index in [2.05, 4.69) is 22.1 Å². The monoisotopic (exact) mass is 358 g/mol. The van der Waals surface area contributed by atoms with Gasteiger partial charge in [-0.1, -0.05) is 11.8 Å². The Hall–Kier alpha value is -2.98. The first-order chi connectivity index (χ1) is 12.1. The number of nitrogens with one attached hydrogen (secondary N) is 1. The average molecular weight is 358 g/mol. The zero-order valence-corrected chi connectivity index (χ0v) is 13.7. The summed E-state index contributed by atoms with van der Waals surface area (Å²) in [5, 5.41) is 2.67. The fourth-order valence-corrected chi connectivity index (χ4v) is 2.76. The molecule has 0 radical (unpaired) electrons. The Labute approximate surface area is 146 Å². The molecule has 0 fully saturated rings. The number of nitrogens with zero attached hydrogens (tertiary/aromatic N) is 1. The number of hydrogen-bond acceptors (Lipinski definition) is 4. The minimum atomic E-state index is -0.784. The molecule has 1 N–H and O–H groups in total. The van der Waals surface area contributed by atoms with Gasteiger partial charge in [0.25, 0.3) is 5.91 Å². The lowest BCUT2D eigenvalue weighted by Crippen LogP contribution is -2.23. The van der Waals surface area contributed by atoms with Crippen molar-refractivity contribution in [2.24, 2.45) is 0 Å². The van der Waals surface area contributed by atoms with E-state index in [-0.39, 0.29) is 24.8 Å². The van der Waals surface area contributed by atoms with Gasteiger partial charge in [0.2, 0.25) is 0 Å². The van der Waals surface area contributed by atoms with E-state index in [1.165, 1.54) is 17.4 Å². The van der Waals surface area contributed by atoms with Crippen LogP contribution in [0.5, 0.6) is 5.75 Å². The van der Waals surface area contributed by atoms with Crippen molar-refractivity contribution in [2.45, 2.75) is 0 Å². The number of fused-ring (bicyclic) bond motifs is 1. The highest BCUT2D eigenvalue weighted by Crippen LogP contribution is 2.19. The van der Waals surface area contributed by atoms with E-state index in [1.807, 2.05) is 0 Å². The van der Waals surface area contributed by atoms with Crippen molar-refractivity contribution >= 4 is 27.5 Å². The highest BCUT2D eigenvalue weighted by molar-refractivity contribution is 7.16. The van der Waals surface area contributed by atoms with Crippen molar-refractivity contribution < 1.29 is 18.3 Å². The summed E-state index contributed by atoms with van der Waals surface area (Å²) in [5.74, 6) is 3.59. The number of halogens is 2. The SMILES string of the molecule is O=C(NCC#CCOc1ccc(F)cc1F)c1ccc2ncsc2c1. The molecule has 25 heavy (non-hydrogen) atoms. The second kappa shape index (κ2) is 7.73. The van der Waals surface area contributed by atoms with Gasteiger partial charge in [-0.25, -0.2) is 13.8 Å². The first kappa shape index (κ1) is 16.9. The molecule has 0 unspecified atom stereocenters. The van der Waals surface area contributed by atoms with Gasteiger partial charge >= 0.3 is 0 Å². The van der Waals surface area contributed by atoms with Gasteiger partial charge in [0.1, 0.15) is 12.4 Å². The summed E-state index contributed by atoms with van der Waals surface area (Å²) in [6.45, 7) is 0.0695. The molecule has 1 heterocycles. The van der Waals surface area contributed by atoms with Crippen LogP contribution in [-0.2, 0) is 0 Å². The van der Waals surface area contributed by atoms with Crippen LogP contribution in [0.3, 0.4) is 0 Å². The van der Waals surface area contributed by atoms with E-state index in [9.17, 15) is 13.6 Å². The molecule has 0 aliphatic heterocycles. The van der Waals surface area contributed by atoms with Gasteiger partial charge in [0.15, 0.2) is 11.6 Å². The molecule has 7 heteroatoms. The molecular weight excluding hydrogens is 346 g/mol. The first-order valence-electron chi connectivity index (χ1n) is 7.28. The minimum Gasteiger partial charge on any atom is -0.478 e. The molecule has 0 saturated carbocycles. The highest BCUT2D eigenvalue weighted by Gasteiger charge is 2.06. The van der Waals surface area contributed by atoms with Crippen molar-refractivity contribution in [3.8, 4) is 17.6 Å². The second-order valence-corrected chi connectivity index (χ2v) is 5.82. The van der Waals surface area contributed by atoms with Crippen LogP contribution in [-0.4, -0.2) is 24.0 Å². The molecule has 0 aliphatic carbocycles. The van der Waals surface area contributed by atoms with E-state index < -0.39 is 11.6 Å². The van der Waals surface area contributed by atoms with Crippen LogP contribution in [0.15, 0.2) is 41.9 Å². The molecule has 0 atom stereocenters. The van der Waals surface area contributed by atoms with E-state index in [0.29, 0.717) is 5.56 Å². The molecule has 0 aliphatic rings. The number of benzene rings is 2. The fraction of sp³-hybridized carbons (Fsp3) is 0.111. The first-order valence-corrected chi connectivity index (χ1v) is 8.16. The third-order valence-corrected chi connectivity index (χ3v) is 4.04. The van der Waals surface area contributed by atoms with E-state index in [4.69, 9.17) is 4.74 Å². The fourth-order valence-electron chi connectivity index (χ4n) is 2.04. The summed E-state index contributed by atoms with van der Waals surface area (Å²) in [4.78, 5) is 16.2. The summed E-state index contributed by atoms with van der Waals surface area (Å²) in [6.07, 6.45) is 0. The molecule has 3 aromatic rings. The average Bonchev–Trinajstić information content (AvgIpc) is 3.07. The van der Waals surface area contributed by atoms with Crippen molar-refractivity contribution in [3.63, 3.8) is 0 Å². The van der Waals surface area contributed by atoms with Crippen molar-refractivity contribution in [2.75, 3.05) is 13.2 Å². The summed E-state index contributed by atoms with van der Waals surface area (Å²) in [5.41, 5.74) is 3.11. The van der Waals surface area contributed by atoms with Gasteiger partial charge in [-0.05, 0) is 30.3 Å². The number of thiazole rings is 1. The van der Waals surface area contributed by atoms with Gasteiger partial charge < -0.3 is 10.1 Å². The standard InChI is InChI=1S/C18H12F2N2O2S/c19-13-4-6-16(14(20)10-13)24-8-2-1-7-21-18(23)12-3-5-15-17(9-12)25-11-22-15/h3-6,9-11H,7-8H2,(H,21,23). The number of hydrogen-bond donors (Lipinski definition) is 1. The number of aromatic nitrogens is 1. The third-order valence-electron chi connectivity index (χ3n) is 3.25. The van der Waals surface area contributed by atoms with Crippen molar-refractivity contribution in [1.82, 2.24) is 10.3 Å². The lowest BCUT2D eigenvalue weighted by atomic mass is 10.2. The van der Waals surface area contributed by atoms with Gasteiger partial charge in [-0.15, -0.1) is 11.3 Å². The van der Waals surface area contributed by atoms with Crippen LogP contribution in [0.2, 0.25) is 0 Å². The maximum absolute atomic E-state index is 13.3. The molecule has 0 bridgehead atoms. The van der Waals surface area contributed by atoms with Crippen LogP contribution in [0.4, 0.5) is 8.78 Å². The maximum Gasteiger partial charge on any atom is 0.252 e. The number of amides is 1. The summed E-state index contributed by atoms with van der Waals surface area (Å²) in [6, 6.07) is 8.30. The quantitative estimate of drug-likeness (QED) is 0.728. The zero-order valence-electron chi connectivity index (χ0n) is 12.9. The molecule has 0 saturated heterocycles. The maximum atomic E-state index is 13.3. The Morgan fingerprint density at radius 1 is 1.20 bits per heavy atom. The summed E-state index contributed by atoms with van der Waals surface area (Å²) >= 11 is 1.46. The van der Waals surface area contributed by atoms with Crippen molar-refractivity contribution in [1.29, 1.82) is 0 Å². The Bertz CT molecular complexity index is 976. The lowest BCUT2D eigenvalue weighted by molar-refractivity contribution is 0.0959. The second-order valence-electron chi connectivity index (χ2n) is 4.93. The molecule has 4 nitrogen and oxygen atoms in total. The van der Waals surface area contributed by atoms with Gasteiger partial charge in [0.05, 0.1) is 22.3 Å². The Balaban J connectivity index is 1.48. The Kier molecular flexibility index (Phi) is 5.21. The van der Waals surface area contributed by atoms with Crippen LogP contribution >= 0.6 is 11.3 Å². The van der Waals surface area contributed by atoms with Gasteiger partial charge in [-0.3, -0.25) is 4.79 Å². The van der Waals surface area contributed by atoms with Gasteiger partial charge in [-0.2, -0.15) is 0 Å². The summed E-state index contributed by atoms with van der Waals surface area (Å²) in [7, 11) is 0. The van der Waals surface area contributed by atoms with Crippen LogP contribution in [0.25, 0.3) is 10.2 Å². The smallest absolute Gasteiger partial charge is 0.252 e. The van der Waals surface area contributed by atoms with Gasteiger partial charge in [0, 0.05) is 11.6 Å². The van der Waals surface area contributed by atoms with E-state index >= 15 is 0 Å². The van der Waals surface area contributed by atoms with E-state index in [0.717, 1.165) is 22.3 Å². The number of carbonyl (C=O) groups excluding carboxylic acids is 1. The number of rotatable bonds is 4. The van der Waals surface area contributed by atoms with Crippen LogP contribution in [0, 0.1) is 23.5 Å². The lowest BCUT2D eigenvalue weighted by Gasteiger charge is -2.03. The molecule has 2 aromatic carbocycles. The molecule has 1 aromatic heterocycles. The normalized spacial score (nSPS) is 10.2. The predicted octanol–water partition coefficient (Wildman–Crippen LogP) is 3.39. The molecule has 126 valence electrons. The molecule has 3 rings (SSSR count). The largest absolute Gasteiger partial charge is 0.478 e. The summed E-state index contributed by atoms with van der Waals surface area (Å²) < 4.78 is 32.1. The number of ether oxygens (including phenoxy) is 1. The Morgan fingerprint density at radius 3 is 2.92 bits per heavy atom. The molecular formula is C18H12F2N2O2S. The molecule has 1 amide bonds. The predicted molar refractivity (Wildman–Crippen MR) is 91.6 cm³/mol. The van der Waals surface area contributed by atoms with Crippen molar-refractivity contribution in [3.05, 3.63) is 59.1 Å². The van der Waals surface area contributed by atoms with Crippen LogP contribution in [0.1, 0.15) is 10.4 Å². The molecule has 0 spiro atoms. The third kappa shape index (κ3) is 4.31. The minimum absolute atomic E-state index is 0.0642. The van der Waals surface area contributed by atoms with E-state index in [1.54, 1.807) is 23.7 Å². The Morgan fingerprint density at radius 2 is 2.08 bits per heavy atom.